The Hall–Kier alpha value is -2.42. The van der Waals surface area contributed by atoms with E-state index in [9.17, 15) is 13.2 Å². The summed E-state index contributed by atoms with van der Waals surface area (Å²) in [6.07, 6.45) is 3.79. The Labute approximate surface area is 190 Å². The van der Waals surface area contributed by atoms with Gasteiger partial charge in [-0.05, 0) is 74.5 Å². The number of fused-ring (bicyclic) bond motifs is 1. The molecule has 2 heterocycles. The number of anilines is 1. The zero-order valence-corrected chi connectivity index (χ0v) is 19.3. The fraction of sp³-hybridized carbons (Fsp3) is 0.458. The van der Waals surface area contributed by atoms with Crippen LogP contribution in [-0.2, 0) is 27.8 Å². The second-order valence-corrected chi connectivity index (χ2v) is 10.4. The van der Waals surface area contributed by atoms with Crippen molar-refractivity contribution in [3.63, 3.8) is 0 Å². The molecule has 2 aliphatic heterocycles. The highest BCUT2D eigenvalue weighted by Gasteiger charge is 2.23. The lowest BCUT2D eigenvalue weighted by atomic mass is 9.97. The van der Waals surface area contributed by atoms with Crippen molar-refractivity contribution in [3.8, 4) is 5.75 Å². The van der Waals surface area contributed by atoms with Gasteiger partial charge in [-0.2, -0.15) is 0 Å². The van der Waals surface area contributed by atoms with Gasteiger partial charge in [0, 0.05) is 30.8 Å². The second-order valence-electron chi connectivity index (χ2n) is 8.60. The normalized spacial score (nSPS) is 18.0. The summed E-state index contributed by atoms with van der Waals surface area (Å²) < 4.78 is 34.0. The Morgan fingerprint density at radius 1 is 1.12 bits per heavy atom. The zero-order chi connectivity index (χ0) is 22.6. The van der Waals surface area contributed by atoms with Crippen LogP contribution in [0.4, 0.5) is 5.69 Å². The van der Waals surface area contributed by atoms with Crippen molar-refractivity contribution < 1.29 is 17.9 Å². The van der Waals surface area contributed by atoms with Crippen LogP contribution >= 0.6 is 0 Å². The molecule has 4 rings (SSSR count). The van der Waals surface area contributed by atoms with Gasteiger partial charge in [-0.15, -0.1) is 0 Å². The monoisotopic (exact) mass is 457 g/mol. The number of carbonyl (C=O) groups excluding carboxylic acids is 1. The number of piperidine rings is 1. The van der Waals surface area contributed by atoms with Crippen molar-refractivity contribution in [3.05, 3.63) is 53.6 Å². The molecule has 1 saturated heterocycles. The third-order valence-electron chi connectivity index (χ3n) is 6.37. The highest BCUT2D eigenvalue weighted by molar-refractivity contribution is 7.89. The number of ether oxygens (including phenoxy) is 1. The van der Waals surface area contributed by atoms with Crippen LogP contribution < -0.4 is 14.8 Å². The topological polar surface area (TPSA) is 87.7 Å². The molecule has 2 N–H and O–H groups in total. The van der Waals surface area contributed by atoms with Gasteiger partial charge in [-0.3, -0.25) is 9.69 Å². The van der Waals surface area contributed by atoms with Gasteiger partial charge in [0.05, 0.1) is 12.0 Å². The first-order chi connectivity index (χ1) is 15.4. The molecule has 2 aromatic carbocycles. The molecule has 2 aromatic rings. The standard InChI is InChI=1S/C24H31N3O4S/c1-31-23-7-3-2-5-20(23)17-27-13-11-18(12-14-27)16-25-32(29,30)21-9-10-22-19(15-21)6-4-8-24(28)26-22/h2-3,5,7,9-10,15,18,25H,4,6,8,11-14,16-17H2,1H3,(H,26,28). The van der Waals surface area contributed by atoms with E-state index in [1.165, 1.54) is 5.56 Å². The average molecular weight is 458 g/mol. The first-order valence-corrected chi connectivity index (χ1v) is 12.7. The number of aryl methyl sites for hydroxylation is 1. The van der Waals surface area contributed by atoms with E-state index in [4.69, 9.17) is 4.74 Å². The fourth-order valence-corrected chi connectivity index (χ4v) is 5.62. The highest BCUT2D eigenvalue weighted by atomic mass is 32.2. The molecule has 0 bridgehead atoms. The van der Waals surface area contributed by atoms with Crippen molar-refractivity contribution in [2.24, 2.45) is 5.92 Å². The number of nitrogens with zero attached hydrogens (tertiary/aromatic N) is 1. The Bertz CT molecular complexity index is 1060. The van der Waals surface area contributed by atoms with E-state index in [0.29, 0.717) is 31.0 Å². The SMILES string of the molecule is COc1ccccc1CN1CCC(CNS(=O)(=O)c2ccc3c(c2)CCCC(=O)N3)CC1. The minimum absolute atomic E-state index is 0.0190. The van der Waals surface area contributed by atoms with Gasteiger partial charge in [-0.1, -0.05) is 18.2 Å². The number of hydrogen-bond acceptors (Lipinski definition) is 5. The zero-order valence-electron chi connectivity index (χ0n) is 18.5. The highest BCUT2D eigenvalue weighted by Crippen LogP contribution is 2.26. The molecule has 172 valence electrons. The number of benzene rings is 2. The molecule has 7 nitrogen and oxygen atoms in total. The van der Waals surface area contributed by atoms with Gasteiger partial charge >= 0.3 is 0 Å². The fourth-order valence-electron chi connectivity index (χ4n) is 4.45. The average Bonchev–Trinajstić information content (AvgIpc) is 2.99. The van der Waals surface area contributed by atoms with Gasteiger partial charge in [-0.25, -0.2) is 13.1 Å². The number of nitrogens with one attached hydrogen (secondary N) is 2. The molecule has 1 fully saturated rings. The number of methoxy groups -OCH3 is 1. The molecule has 0 atom stereocenters. The van der Waals surface area contributed by atoms with Crippen molar-refractivity contribution >= 4 is 21.6 Å². The lowest BCUT2D eigenvalue weighted by molar-refractivity contribution is -0.116. The van der Waals surface area contributed by atoms with E-state index >= 15 is 0 Å². The summed E-state index contributed by atoms with van der Waals surface area (Å²) in [4.78, 5) is 14.4. The number of sulfonamides is 1. The van der Waals surface area contributed by atoms with Crippen LogP contribution in [0.3, 0.4) is 0 Å². The molecule has 0 aliphatic carbocycles. The van der Waals surface area contributed by atoms with E-state index in [-0.39, 0.29) is 10.8 Å². The molecule has 0 spiro atoms. The summed E-state index contributed by atoms with van der Waals surface area (Å²) >= 11 is 0. The third kappa shape index (κ3) is 5.49. The Kier molecular flexibility index (Phi) is 7.13. The van der Waals surface area contributed by atoms with Crippen molar-refractivity contribution in [2.75, 3.05) is 32.1 Å². The first kappa shape index (κ1) is 22.8. The molecule has 8 heteroatoms. The molecular weight excluding hydrogens is 426 g/mol. The number of carbonyl (C=O) groups is 1. The minimum atomic E-state index is -3.58. The van der Waals surface area contributed by atoms with E-state index in [1.807, 2.05) is 18.2 Å². The maximum Gasteiger partial charge on any atom is 0.240 e. The predicted octanol–water partition coefficient (Wildman–Crippen LogP) is 3.16. The summed E-state index contributed by atoms with van der Waals surface area (Å²) in [6.45, 7) is 3.15. The number of amides is 1. The van der Waals surface area contributed by atoms with E-state index in [2.05, 4.69) is 21.0 Å². The predicted molar refractivity (Wildman–Crippen MR) is 124 cm³/mol. The van der Waals surface area contributed by atoms with Gasteiger partial charge in [0.25, 0.3) is 0 Å². The molecule has 0 radical (unpaired) electrons. The number of rotatable bonds is 7. The van der Waals surface area contributed by atoms with E-state index in [0.717, 1.165) is 50.2 Å². The van der Waals surface area contributed by atoms with E-state index in [1.54, 1.807) is 25.3 Å². The number of para-hydroxylation sites is 1. The number of hydrogen-bond donors (Lipinski definition) is 2. The van der Waals surface area contributed by atoms with Crippen molar-refractivity contribution in [1.82, 2.24) is 9.62 Å². The van der Waals surface area contributed by atoms with Gasteiger partial charge in [0.15, 0.2) is 0 Å². The summed E-state index contributed by atoms with van der Waals surface area (Å²) in [5, 5.41) is 2.85. The maximum absolute atomic E-state index is 12.9. The van der Waals surface area contributed by atoms with Gasteiger partial charge < -0.3 is 10.1 Å². The van der Waals surface area contributed by atoms with Gasteiger partial charge in [0.1, 0.15) is 5.75 Å². The van der Waals surface area contributed by atoms with Crippen LogP contribution in [0.15, 0.2) is 47.4 Å². The molecule has 0 aromatic heterocycles. The quantitative estimate of drug-likeness (QED) is 0.667. The third-order valence-corrected chi connectivity index (χ3v) is 7.79. The summed E-state index contributed by atoms with van der Waals surface area (Å²) in [5.41, 5.74) is 2.77. The lowest BCUT2D eigenvalue weighted by Crippen LogP contribution is -2.38. The molecule has 32 heavy (non-hydrogen) atoms. The Morgan fingerprint density at radius 2 is 1.91 bits per heavy atom. The Morgan fingerprint density at radius 3 is 2.69 bits per heavy atom. The van der Waals surface area contributed by atoms with Crippen LogP contribution in [0.2, 0.25) is 0 Å². The maximum atomic E-state index is 12.9. The minimum Gasteiger partial charge on any atom is -0.496 e. The second kappa shape index (κ2) is 10.0. The smallest absolute Gasteiger partial charge is 0.240 e. The first-order valence-electron chi connectivity index (χ1n) is 11.2. The largest absolute Gasteiger partial charge is 0.496 e. The van der Waals surface area contributed by atoms with Gasteiger partial charge in [0.2, 0.25) is 15.9 Å². The summed E-state index contributed by atoms with van der Waals surface area (Å²) in [5.74, 6) is 1.20. The van der Waals surface area contributed by atoms with Crippen LogP contribution in [0, 0.1) is 5.92 Å². The van der Waals surface area contributed by atoms with Crippen LogP contribution in [-0.4, -0.2) is 46.0 Å². The lowest BCUT2D eigenvalue weighted by Gasteiger charge is -2.32. The summed E-state index contributed by atoms with van der Waals surface area (Å²) in [6, 6.07) is 13.0. The van der Waals surface area contributed by atoms with Crippen LogP contribution in [0.25, 0.3) is 0 Å². The molecule has 1 amide bonds. The molecule has 0 unspecified atom stereocenters. The molecule has 0 saturated carbocycles. The summed E-state index contributed by atoms with van der Waals surface area (Å²) in [7, 11) is -1.89. The van der Waals surface area contributed by atoms with Crippen molar-refractivity contribution in [1.29, 1.82) is 0 Å². The van der Waals surface area contributed by atoms with E-state index < -0.39 is 10.0 Å². The van der Waals surface area contributed by atoms with Crippen LogP contribution in [0.1, 0.15) is 36.8 Å². The molecular formula is C24H31N3O4S. The van der Waals surface area contributed by atoms with Crippen molar-refractivity contribution in [2.45, 2.75) is 43.5 Å². The Balaban J connectivity index is 1.30. The van der Waals surface area contributed by atoms with Crippen LogP contribution in [0.5, 0.6) is 5.75 Å². The molecule has 2 aliphatic rings. The number of likely N-dealkylation sites (tertiary alicyclic amines) is 1.